The molecule has 1 aliphatic rings. The second kappa shape index (κ2) is 6.74. The Morgan fingerprint density at radius 1 is 1.08 bits per heavy atom. The number of fused-ring (bicyclic) bond motifs is 1. The summed E-state index contributed by atoms with van der Waals surface area (Å²) >= 11 is 0. The van der Waals surface area contributed by atoms with Crippen molar-refractivity contribution in [2.75, 3.05) is 10.6 Å². The Balaban J connectivity index is 1.50. The molecule has 0 amide bonds. The average Bonchev–Trinajstić information content (AvgIpc) is 3.19. The van der Waals surface area contributed by atoms with E-state index >= 15 is 0 Å². The summed E-state index contributed by atoms with van der Waals surface area (Å²) in [5, 5.41) is 15.2. The maximum absolute atomic E-state index is 4.59. The molecule has 0 saturated carbocycles. The van der Waals surface area contributed by atoms with Crippen molar-refractivity contribution in [2.45, 2.75) is 46.7 Å². The number of anilines is 3. The fourth-order valence-electron chi connectivity index (χ4n) is 3.30. The van der Waals surface area contributed by atoms with Crippen LogP contribution in [0.1, 0.15) is 34.9 Å². The maximum Gasteiger partial charge on any atom is 0.225 e. The van der Waals surface area contributed by atoms with Crippen molar-refractivity contribution >= 4 is 17.5 Å². The summed E-state index contributed by atoms with van der Waals surface area (Å²) in [4.78, 5) is 9.08. The lowest BCUT2D eigenvalue weighted by Crippen LogP contribution is -2.10. The molecule has 26 heavy (non-hydrogen) atoms. The molecule has 0 unspecified atom stereocenters. The molecule has 1 aliphatic heterocycles. The highest BCUT2D eigenvalue weighted by Gasteiger charge is 2.17. The summed E-state index contributed by atoms with van der Waals surface area (Å²) in [5.41, 5.74) is 4.39. The van der Waals surface area contributed by atoms with Crippen LogP contribution in [0.3, 0.4) is 0 Å². The van der Waals surface area contributed by atoms with E-state index in [-0.39, 0.29) is 0 Å². The van der Waals surface area contributed by atoms with Crippen LogP contribution in [0.2, 0.25) is 0 Å². The lowest BCUT2D eigenvalue weighted by atomic mass is 10.1. The van der Waals surface area contributed by atoms with E-state index in [9.17, 15) is 0 Å². The van der Waals surface area contributed by atoms with Crippen LogP contribution >= 0.6 is 0 Å². The quantitative estimate of drug-likeness (QED) is 0.736. The highest BCUT2D eigenvalue weighted by molar-refractivity contribution is 5.61. The molecule has 0 atom stereocenters. The SMILES string of the molecule is Cc1ccc(Nc2cc(C)nc(NCc3nnc4n3CCC4)n2)c(C)c1. The Hall–Kier alpha value is -2.96. The standard InChI is InChI=1S/C19H23N7/c1-12-6-7-15(13(2)9-12)22-16-10-14(3)21-19(23-16)20-11-18-25-24-17-5-4-8-26(17)18/h6-7,9-10H,4-5,8,11H2,1-3H3,(H2,20,21,22,23). The molecule has 1 aromatic carbocycles. The minimum absolute atomic E-state index is 0.569. The van der Waals surface area contributed by atoms with E-state index in [4.69, 9.17) is 0 Å². The highest BCUT2D eigenvalue weighted by atomic mass is 15.3. The Labute approximate surface area is 152 Å². The molecule has 0 radical (unpaired) electrons. The number of aryl methyl sites for hydroxylation is 4. The molecule has 0 fully saturated rings. The third-order valence-corrected chi connectivity index (χ3v) is 4.59. The van der Waals surface area contributed by atoms with Gasteiger partial charge in [0, 0.05) is 30.4 Å². The second-order valence-electron chi connectivity index (χ2n) is 6.80. The van der Waals surface area contributed by atoms with E-state index in [0.29, 0.717) is 12.5 Å². The number of hydrogen-bond donors (Lipinski definition) is 2. The van der Waals surface area contributed by atoms with E-state index in [0.717, 1.165) is 48.2 Å². The van der Waals surface area contributed by atoms with Crippen LogP contribution in [0.15, 0.2) is 24.3 Å². The predicted molar refractivity (Wildman–Crippen MR) is 102 cm³/mol. The van der Waals surface area contributed by atoms with Crippen molar-refractivity contribution in [1.29, 1.82) is 0 Å². The molecule has 134 valence electrons. The van der Waals surface area contributed by atoms with Gasteiger partial charge < -0.3 is 15.2 Å². The Kier molecular flexibility index (Phi) is 4.28. The largest absolute Gasteiger partial charge is 0.347 e. The minimum Gasteiger partial charge on any atom is -0.347 e. The van der Waals surface area contributed by atoms with Gasteiger partial charge in [-0.1, -0.05) is 17.7 Å². The third-order valence-electron chi connectivity index (χ3n) is 4.59. The maximum atomic E-state index is 4.59. The van der Waals surface area contributed by atoms with Crippen molar-refractivity contribution in [3.8, 4) is 0 Å². The molecule has 2 N–H and O–H groups in total. The van der Waals surface area contributed by atoms with Crippen molar-refractivity contribution in [3.63, 3.8) is 0 Å². The van der Waals surface area contributed by atoms with Gasteiger partial charge in [-0.15, -0.1) is 10.2 Å². The zero-order valence-corrected chi connectivity index (χ0v) is 15.4. The summed E-state index contributed by atoms with van der Waals surface area (Å²) in [6, 6.07) is 8.27. The van der Waals surface area contributed by atoms with E-state index < -0.39 is 0 Å². The number of rotatable bonds is 5. The van der Waals surface area contributed by atoms with Crippen molar-refractivity contribution in [1.82, 2.24) is 24.7 Å². The third kappa shape index (κ3) is 3.37. The number of benzene rings is 1. The number of nitrogens with zero attached hydrogens (tertiary/aromatic N) is 5. The van der Waals surface area contributed by atoms with Gasteiger partial charge in [0.2, 0.25) is 5.95 Å². The molecule has 0 spiro atoms. The minimum atomic E-state index is 0.569. The summed E-state index contributed by atoms with van der Waals surface area (Å²) in [5.74, 6) is 3.38. The molecule has 7 nitrogen and oxygen atoms in total. The van der Waals surface area contributed by atoms with Crippen molar-refractivity contribution in [3.05, 3.63) is 52.7 Å². The van der Waals surface area contributed by atoms with Gasteiger partial charge >= 0.3 is 0 Å². The first-order chi connectivity index (χ1) is 12.6. The van der Waals surface area contributed by atoms with Crippen LogP contribution in [-0.4, -0.2) is 24.7 Å². The van der Waals surface area contributed by atoms with Crippen LogP contribution in [-0.2, 0) is 19.5 Å². The molecule has 0 saturated heterocycles. The number of nitrogens with one attached hydrogen (secondary N) is 2. The van der Waals surface area contributed by atoms with Crippen molar-refractivity contribution < 1.29 is 0 Å². The molecule has 3 heterocycles. The summed E-state index contributed by atoms with van der Waals surface area (Å²) in [7, 11) is 0. The lowest BCUT2D eigenvalue weighted by Gasteiger charge is -2.12. The molecule has 3 aromatic rings. The first kappa shape index (κ1) is 16.5. The van der Waals surface area contributed by atoms with Gasteiger partial charge in [0.1, 0.15) is 11.6 Å². The van der Waals surface area contributed by atoms with E-state index in [1.165, 1.54) is 11.1 Å². The molecule has 7 heteroatoms. The topological polar surface area (TPSA) is 80.5 Å². The Morgan fingerprint density at radius 3 is 2.81 bits per heavy atom. The summed E-state index contributed by atoms with van der Waals surface area (Å²) in [6.07, 6.45) is 2.15. The van der Waals surface area contributed by atoms with Crippen LogP contribution in [0.4, 0.5) is 17.5 Å². The molecule has 0 bridgehead atoms. The van der Waals surface area contributed by atoms with Gasteiger partial charge in [-0.05, 0) is 38.8 Å². The Morgan fingerprint density at radius 2 is 1.96 bits per heavy atom. The predicted octanol–water partition coefficient (Wildman–Crippen LogP) is 3.30. The fourth-order valence-corrected chi connectivity index (χ4v) is 3.30. The van der Waals surface area contributed by atoms with Gasteiger partial charge in [-0.2, -0.15) is 4.98 Å². The van der Waals surface area contributed by atoms with Gasteiger partial charge in [-0.3, -0.25) is 0 Å². The van der Waals surface area contributed by atoms with Gasteiger partial charge in [0.05, 0.1) is 6.54 Å². The zero-order valence-electron chi connectivity index (χ0n) is 15.4. The molecule has 2 aromatic heterocycles. The first-order valence-electron chi connectivity index (χ1n) is 8.93. The van der Waals surface area contributed by atoms with Crippen LogP contribution < -0.4 is 10.6 Å². The van der Waals surface area contributed by atoms with Crippen LogP contribution in [0.5, 0.6) is 0 Å². The smallest absolute Gasteiger partial charge is 0.225 e. The average molecular weight is 349 g/mol. The monoisotopic (exact) mass is 349 g/mol. The lowest BCUT2D eigenvalue weighted by molar-refractivity contribution is 0.694. The van der Waals surface area contributed by atoms with Crippen LogP contribution in [0.25, 0.3) is 0 Å². The molecule has 0 aliphatic carbocycles. The van der Waals surface area contributed by atoms with E-state index in [1.807, 2.05) is 13.0 Å². The van der Waals surface area contributed by atoms with E-state index in [1.54, 1.807) is 0 Å². The van der Waals surface area contributed by atoms with Crippen LogP contribution in [0, 0.1) is 20.8 Å². The first-order valence-corrected chi connectivity index (χ1v) is 8.93. The summed E-state index contributed by atoms with van der Waals surface area (Å²) < 4.78 is 2.18. The van der Waals surface area contributed by atoms with Gasteiger partial charge in [0.15, 0.2) is 5.82 Å². The molecular weight excluding hydrogens is 326 g/mol. The zero-order chi connectivity index (χ0) is 18.1. The van der Waals surface area contributed by atoms with E-state index in [2.05, 4.69) is 67.4 Å². The van der Waals surface area contributed by atoms with Gasteiger partial charge in [0.25, 0.3) is 0 Å². The highest BCUT2D eigenvalue weighted by Crippen LogP contribution is 2.22. The summed E-state index contributed by atoms with van der Waals surface area (Å²) in [6.45, 7) is 7.71. The second-order valence-corrected chi connectivity index (χ2v) is 6.80. The normalized spacial score (nSPS) is 12.9. The fraction of sp³-hybridized carbons (Fsp3) is 0.368. The van der Waals surface area contributed by atoms with Gasteiger partial charge in [-0.25, -0.2) is 4.98 Å². The Bertz CT molecular complexity index is 945. The number of aromatic nitrogens is 5. The van der Waals surface area contributed by atoms with Crippen molar-refractivity contribution in [2.24, 2.45) is 0 Å². The molecular formula is C19H23N7. The molecule has 4 rings (SSSR count). The number of hydrogen-bond acceptors (Lipinski definition) is 6.